The number of hydrogen-bond donors (Lipinski definition) is 2. The minimum absolute atomic E-state index is 0.0384. The summed E-state index contributed by atoms with van der Waals surface area (Å²) in [6.45, 7) is 3.96. The van der Waals surface area contributed by atoms with E-state index < -0.39 is 0 Å². The number of rotatable bonds is 3. The number of nitrogens with one attached hydrogen (secondary N) is 2. The molecule has 7 nitrogen and oxygen atoms in total. The Hall–Kier alpha value is -1.96. The Bertz CT molecular complexity index is 566. The van der Waals surface area contributed by atoms with Gasteiger partial charge in [0.2, 0.25) is 5.91 Å². The zero-order valence-electron chi connectivity index (χ0n) is 12.9. The van der Waals surface area contributed by atoms with Crippen LogP contribution in [0.15, 0.2) is 24.3 Å². The molecule has 1 atom stereocenters. The fourth-order valence-corrected chi connectivity index (χ4v) is 2.64. The monoisotopic (exact) mass is 319 g/mol. The highest BCUT2D eigenvalue weighted by Gasteiger charge is 2.22. The van der Waals surface area contributed by atoms with Crippen LogP contribution in [0.3, 0.4) is 0 Å². The zero-order chi connectivity index (χ0) is 16.1. The molecule has 2 N–H and O–H groups in total. The molecule has 1 aromatic carbocycles. The molecule has 23 heavy (non-hydrogen) atoms. The number of morpholine rings is 2. The molecule has 3 rings (SSSR count). The highest BCUT2D eigenvalue weighted by Crippen LogP contribution is 2.14. The van der Waals surface area contributed by atoms with Gasteiger partial charge in [0.25, 0.3) is 5.91 Å². The predicted octanol–water partition coefficient (Wildman–Crippen LogP) is 0.0859. The lowest BCUT2D eigenvalue weighted by molar-refractivity contribution is -0.120. The summed E-state index contributed by atoms with van der Waals surface area (Å²) in [5.74, 6) is -0.191. The van der Waals surface area contributed by atoms with Crippen LogP contribution >= 0.6 is 0 Å². The van der Waals surface area contributed by atoms with Crippen LogP contribution in [0.1, 0.15) is 10.4 Å². The molecule has 124 valence electrons. The Morgan fingerprint density at radius 1 is 1.17 bits per heavy atom. The molecular formula is C16H21N3O4. The molecule has 2 amide bonds. The van der Waals surface area contributed by atoms with Crippen LogP contribution in [0, 0.1) is 0 Å². The molecular weight excluding hydrogens is 298 g/mol. The van der Waals surface area contributed by atoms with Crippen molar-refractivity contribution in [3.05, 3.63) is 29.8 Å². The normalized spacial score (nSPS) is 21.7. The fraction of sp³-hybridized carbons (Fsp3) is 0.500. The quantitative estimate of drug-likeness (QED) is 0.825. The Kier molecular flexibility index (Phi) is 5.22. The van der Waals surface area contributed by atoms with Gasteiger partial charge in [-0.2, -0.15) is 0 Å². The van der Waals surface area contributed by atoms with Crippen LogP contribution in [0.5, 0.6) is 0 Å². The topological polar surface area (TPSA) is 79.9 Å². The number of carbonyl (C=O) groups is 2. The summed E-state index contributed by atoms with van der Waals surface area (Å²) in [4.78, 5) is 26.4. The number of hydrogen-bond acceptors (Lipinski definition) is 5. The standard InChI is InChI=1S/C16H21N3O4/c20-15(14-11-23-7-4-17-14)18-13-3-1-2-12(10-13)16(21)19-5-8-22-9-6-19/h1-3,10,14,17H,4-9,11H2,(H,18,20). The summed E-state index contributed by atoms with van der Waals surface area (Å²) >= 11 is 0. The molecule has 7 heteroatoms. The third kappa shape index (κ3) is 4.07. The SMILES string of the molecule is O=C(Nc1cccc(C(=O)N2CCOCC2)c1)C1COCCN1. The largest absolute Gasteiger partial charge is 0.378 e. The maximum Gasteiger partial charge on any atom is 0.254 e. The molecule has 0 bridgehead atoms. The summed E-state index contributed by atoms with van der Waals surface area (Å²) < 4.78 is 10.5. The van der Waals surface area contributed by atoms with Gasteiger partial charge >= 0.3 is 0 Å². The van der Waals surface area contributed by atoms with Crippen LogP contribution in [0.4, 0.5) is 5.69 Å². The molecule has 2 saturated heterocycles. The van der Waals surface area contributed by atoms with Crippen molar-refractivity contribution in [3.63, 3.8) is 0 Å². The summed E-state index contributed by atoms with van der Waals surface area (Å²) in [6.07, 6.45) is 0. The van der Waals surface area contributed by atoms with Crippen LogP contribution in [0.2, 0.25) is 0 Å². The van der Waals surface area contributed by atoms with E-state index in [-0.39, 0.29) is 17.9 Å². The minimum atomic E-state index is -0.359. The van der Waals surface area contributed by atoms with Gasteiger partial charge in [-0.05, 0) is 18.2 Å². The molecule has 0 spiro atoms. The van der Waals surface area contributed by atoms with Crippen LogP contribution in [-0.4, -0.2) is 68.8 Å². The number of benzene rings is 1. The summed E-state index contributed by atoms with van der Waals surface area (Å²) in [5.41, 5.74) is 1.18. The first-order valence-electron chi connectivity index (χ1n) is 7.83. The average Bonchev–Trinajstić information content (AvgIpc) is 2.63. The number of amides is 2. The average molecular weight is 319 g/mol. The highest BCUT2D eigenvalue weighted by molar-refractivity contribution is 5.98. The van der Waals surface area contributed by atoms with Crippen LogP contribution in [0.25, 0.3) is 0 Å². The summed E-state index contributed by atoms with van der Waals surface area (Å²) in [5, 5.41) is 5.94. The number of anilines is 1. The van der Waals surface area contributed by atoms with Gasteiger partial charge in [0.15, 0.2) is 0 Å². The van der Waals surface area contributed by atoms with Crippen molar-refractivity contribution in [2.45, 2.75) is 6.04 Å². The van der Waals surface area contributed by atoms with E-state index in [2.05, 4.69) is 10.6 Å². The lowest BCUT2D eigenvalue weighted by Crippen LogP contribution is -2.48. The second-order valence-electron chi connectivity index (χ2n) is 5.56. The van der Waals surface area contributed by atoms with E-state index in [4.69, 9.17) is 9.47 Å². The van der Waals surface area contributed by atoms with Gasteiger partial charge in [0, 0.05) is 30.9 Å². The van der Waals surface area contributed by atoms with E-state index in [0.717, 1.165) is 0 Å². The van der Waals surface area contributed by atoms with Crippen molar-refractivity contribution in [2.24, 2.45) is 0 Å². The molecule has 0 radical (unpaired) electrons. The van der Waals surface area contributed by atoms with E-state index >= 15 is 0 Å². The van der Waals surface area contributed by atoms with E-state index in [1.807, 2.05) is 0 Å². The first-order chi connectivity index (χ1) is 11.2. The molecule has 2 aliphatic rings. The predicted molar refractivity (Wildman–Crippen MR) is 84.4 cm³/mol. The van der Waals surface area contributed by atoms with Crippen molar-refractivity contribution in [3.8, 4) is 0 Å². The Morgan fingerprint density at radius 2 is 2.00 bits per heavy atom. The lowest BCUT2D eigenvalue weighted by Gasteiger charge is -2.27. The van der Waals surface area contributed by atoms with Gasteiger partial charge in [-0.15, -0.1) is 0 Å². The number of carbonyl (C=O) groups excluding carboxylic acids is 2. The molecule has 1 aromatic rings. The van der Waals surface area contributed by atoms with Gasteiger partial charge in [-0.1, -0.05) is 6.07 Å². The molecule has 0 aliphatic carbocycles. The third-order valence-corrected chi connectivity index (χ3v) is 3.91. The second kappa shape index (κ2) is 7.54. The molecule has 1 unspecified atom stereocenters. The molecule has 2 aliphatic heterocycles. The summed E-state index contributed by atoms with van der Waals surface area (Å²) in [7, 11) is 0. The van der Waals surface area contributed by atoms with Gasteiger partial charge in [-0.25, -0.2) is 0 Å². The first-order valence-corrected chi connectivity index (χ1v) is 7.83. The van der Waals surface area contributed by atoms with Crippen molar-refractivity contribution >= 4 is 17.5 Å². The van der Waals surface area contributed by atoms with Crippen molar-refractivity contribution in [2.75, 3.05) is 51.4 Å². The van der Waals surface area contributed by atoms with Crippen molar-refractivity contribution in [1.82, 2.24) is 10.2 Å². The van der Waals surface area contributed by atoms with Crippen LogP contribution in [-0.2, 0) is 14.3 Å². The highest BCUT2D eigenvalue weighted by atomic mass is 16.5. The van der Waals surface area contributed by atoms with Crippen LogP contribution < -0.4 is 10.6 Å². The molecule has 0 saturated carbocycles. The van der Waals surface area contributed by atoms with Gasteiger partial charge < -0.3 is 25.0 Å². The smallest absolute Gasteiger partial charge is 0.254 e. The maximum atomic E-state index is 12.5. The Morgan fingerprint density at radius 3 is 2.74 bits per heavy atom. The van der Waals surface area contributed by atoms with E-state index in [1.54, 1.807) is 29.2 Å². The lowest BCUT2D eigenvalue weighted by atomic mass is 10.1. The summed E-state index contributed by atoms with van der Waals surface area (Å²) in [6, 6.07) is 6.66. The van der Waals surface area contributed by atoms with Crippen molar-refractivity contribution < 1.29 is 19.1 Å². The molecule has 0 aromatic heterocycles. The fourth-order valence-electron chi connectivity index (χ4n) is 2.64. The number of nitrogens with zero attached hydrogens (tertiary/aromatic N) is 1. The van der Waals surface area contributed by atoms with Gasteiger partial charge in [0.1, 0.15) is 6.04 Å². The number of ether oxygens (including phenoxy) is 2. The minimum Gasteiger partial charge on any atom is -0.378 e. The van der Waals surface area contributed by atoms with E-state index in [0.29, 0.717) is 57.3 Å². The molecule has 2 heterocycles. The maximum absolute atomic E-state index is 12.5. The second-order valence-corrected chi connectivity index (χ2v) is 5.56. The van der Waals surface area contributed by atoms with Crippen molar-refractivity contribution in [1.29, 1.82) is 0 Å². The Balaban J connectivity index is 1.64. The Labute approximate surface area is 134 Å². The van der Waals surface area contributed by atoms with E-state index in [1.165, 1.54) is 0 Å². The third-order valence-electron chi connectivity index (χ3n) is 3.91. The van der Waals surface area contributed by atoms with Gasteiger partial charge in [-0.3, -0.25) is 9.59 Å². The van der Waals surface area contributed by atoms with Gasteiger partial charge in [0.05, 0.1) is 26.4 Å². The van der Waals surface area contributed by atoms with E-state index in [9.17, 15) is 9.59 Å². The molecule has 2 fully saturated rings. The first kappa shape index (κ1) is 15.9. The zero-order valence-corrected chi connectivity index (χ0v) is 12.9.